The molecule has 0 aliphatic carbocycles. The van der Waals surface area contributed by atoms with E-state index in [9.17, 15) is 4.79 Å². The van der Waals surface area contributed by atoms with Crippen LogP contribution in [0.2, 0.25) is 0 Å². The maximum atomic E-state index is 11.3. The fourth-order valence-electron chi connectivity index (χ4n) is 1.43. The number of hydrogen-bond acceptors (Lipinski definition) is 5. The number of amides is 1. The number of benzene rings is 1. The number of halogens is 1. The highest BCUT2D eigenvalue weighted by molar-refractivity contribution is 9.10. The molecule has 6 nitrogen and oxygen atoms in total. The normalized spacial score (nSPS) is 20.8. The minimum atomic E-state index is -0.542. The molecule has 0 saturated carbocycles. The Hall–Kier alpha value is -2.02. The number of carbonyl (C=O) groups is 1. The second kappa shape index (κ2) is 6.24. The van der Waals surface area contributed by atoms with E-state index in [4.69, 9.17) is 4.74 Å². The van der Waals surface area contributed by atoms with E-state index in [-0.39, 0.29) is 5.91 Å². The lowest BCUT2D eigenvalue weighted by Gasteiger charge is -2.10. The Morgan fingerprint density at radius 3 is 3.05 bits per heavy atom. The zero-order valence-electron chi connectivity index (χ0n) is 10.1. The number of hydrogen-bond donors (Lipinski definition) is 1. The van der Waals surface area contributed by atoms with E-state index in [1.807, 2.05) is 24.3 Å². The van der Waals surface area contributed by atoms with Crippen LogP contribution in [0.4, 0.5) is 0 Å². The van der Waals surface area contributed by atoms with Gasteiger partial charge in [-0.1, -0.05) is 28.1 Å². The Morgan fingerprint density at radius 1 is 1.47 bits per heavy atom. The highest BCUT2D eigenvalue weighted by Gasteiger charge is 2.23. The smallest absolute Gasteiger partial charge is 0.260 e. The largest absolute Gasteiger partial charge is 0.496 e. The number of alkyl halides is 1. The molecule has 0 spiro atoms. The lowest BCUT2D eigenvalue weighted by molar-refractivity contribution is -0.119. The van der Waals surface area contributed by atoms with Crippen LogP contribution in [0.25, 0.3) is 0 Å². The van der Waals surface area contributed by atoms with Crippen LogP contribution in [0.3, 0.4) is 0 Å². The minimum Gasteiger partial charge on any atom is -0.496 e. The second-order valence-electron chi connectivity index (χ2n) is 3.61. The number of nitrogens with one attached hydrogen (secondary N) is 1. The number of carbonyl (C=O) groups excluding carboxylic acids is 1. The van der Waals surface area contributed by atoms with Gasteiger partial charge < -0.3 is 4.74 Å². The van der Waals surface area contributed by atoms with Crippen molar-refractivity contribution >= 4 is 40.0 Å². The molecule has 2 rings (SSSR count). The Labute approximate surface area is 118 Å². The summed E-state index contributed by atoms with van der Waals surface area (Å²) in [6.07, 6.45) is 3.01. The molecule has 1 amide bonds. The predicted molar refractivity (Wildman–Crippen MR) is 77.4 cm³/mol. The molecule has 1 unspecified atom stereocenters. The quantitative estimate of drug-likeness (QED) is 0.518. The van der Waals surface area contributed by atoms with Crippen molar-refractivity contribution in [1.82, 2.24) is 5.43 Å². The van der Waals surface area contributed by atoms with Crippen molar-refractivity contribution in [3.05, 3.63) is 29.8 Å². The third-order valence-corrected chi connectivity index (χ3v) is 3.26. The fourth-order valence-corrected chi connectivity index (χ4v) is 1.74. The maximum absolute atomic E-state index is 11.3. The fraction of sp³-hybridized carbons (Fsp3) is 0.167. The highest BCUT2D eigenvalue weighted by atomic mass is 79.9. The van der Waals surface area contributed by atoms with Crippen LogP contribution in [0.15, 0.2) is 39.6 Å². The topological polar surface area (TPSA) is 75.4 Å². The Kier molecular flexibility index (Phi) is 4.40. The summed E-state index contributed by atoms with van der Waals surface area (Å²) in [6.45, 7) is 0. The molecule has 1 heterocycles. The van der Waals surface area contributed by atoms with E-state index in [2.05, 4.69) is 36.7 Å². The second-order valence-corrected chi connectivity index (χ2v) is 4.52. The van der Waals surface area contributed by atoms with Gasteiger partial charge in [0.05, 0.1) is 19.5 Å². The molecule has 1 N–H and O–H groups in total. The number of methoxy groups -OCH3 is 1. The van der Waals surface area contributed by atoms with Crippen molar-refractivity contribution < 1.29 is 9.53 Å². The number of rotatable bonds is 3. The molecule has 0 bridgehead atoms. The molecule has 1 atom stereocenters. The van der Waals surface area contributed by atoms with Crippen LogP contribution in [-0.4, -0.2) is 36.0 Å². The van der Waals surface area contributed by atoms with E-state index in [1.165, 1.54) is 6.21 Å². The molecule has 7 heteroatoms. The minimum absolute atomic E-state index is 0.270. The monoisotopic (exact) mass is 322 g/mol. The Balaban J connectivity index is 2.17. The van der Waals surface area contributed by atoms with Gasteiger partial charge in [-0.25, -0.2) is 5.43 Å². The summed E-state index contributed by atoms with van der Waals surface area (Å²) in [5.74, 6) is 0.436. The first kappa shape index (κ1) is 13.4. The van der Waals surface area contributed by atoms with E-state index >= 15 is 0 Å². The first-order valence-corrected chi connectivity index (χ1v) is 6.35. The van der Waals surface area contributed by atoms with E-state index in [1.54, 1.807) is 13.3 Å². The van der Waals surface area contributed by atoms with Gasteiger partial charge in [-0.2, -0.15) is 15.3 Å². The van der Waals surface area contributed by atoms with E-state index in [0.717, 1.165) is 5.56 Å². The summed E-state index contributed by atoms with van der Waals surface area (Å²) >= 11 is 3.20. The first-order chi connectivity index (χ1) is 9.22. The van der Waals surface area contributed by atoms with Crippen molar-refractivity contribution in [3.8, 4) is 5.75 Å². The molecule has 0 saturated heterocycles. The number of para-hydroxylation sites is 1. The summed E-state index contributed by atoms with van der Waals surface area (Å²) in [5, 5.41) is 11.6. The van der Waals surface area contributed by atoms with Crippen LogP contribution >= 0.6 is 15.9 Å². The van der Waals surface area contributed by atoms with Gasteiger partial charge in [0.15, 0.2) is 0 Å². The lowest BCUT2D eigenvalue weighted by atomic mass is 10.2. The summed E-state index contributed by atoms with van der Waals surface area (Å²) in [5.41, 5.74) is 3.56. The third-order valence-electron chi connectivity index (χ3n) is 2.37. The van der Waals surface area contributed by atoms with Gasteiger partial charge in [0.2, 0.25) is 0 Å². The summed E-state index contributed by atoms with van der Waals surface area (Å²) in [6, 6.07) is 7.43. The van der Waals surface area contributed by atoms with Gasteiger partial charge in [0.25, 0.3) is 5.91 Å². The van der Waals surface area contributed by atoms with Gasteiger partial charge in [0.1, 0.15) is 16.3 Å². The molecule has 1 aromatic carbocycles. The zero-order valence-corrected chi connectivity index (χ0v) is 11.7. The summed E-state index contributed by atoms with van der Waals surface area (Å²) in [4.78, 5) is 10.8. The Morgan fingerprint density at radius 2 is 2.26 bits per heavy atom. The third kappa shape index (κ3) is 3.25. The summed E-state index contributed by atoms with van der Waals surface area (Å²) < 4.78 is 5.19. The molecule has 0 fully saturated rings. The molecule has 1 aliphatic heterocycles. The van der Waals surface area contributed by atoms with E-state index < -0.39 is 4.83 Å². The van der Waals surface area contributed by atoms with Gasteiger partial charge in [0, 0.05) is 5.56 Å². The van der Waals surface area contributed by atoms with Crippen LogP contribution in [0, 0.1) is 0 Å². The van der Waals surface area contributed by atoms with Crippen molar-refractivity contribution in [2.75, 3.05) is 7.11 Å². The van der Waals surface area contributed by atoms with Crippen LogP contribution in [0.5, 0.6) is 5.75 Å². The molecule has 98 valence electrons. The van der Waals surface area contributed by atoms with Crippen LogP contribution in [0.1, 0.15) is 5.56 Å². The molecule has 0 radical (unpaired) electrons. The molecular formula is C12H11BrN4O2. The predicted octanol–water partition coefficient (Wildman–Crippen LogP) is 1.35. The van der Waals surface area contributed by atoms with Gasteiger partial charge in [-0.05, 0) is 12.1 Å². The van der Waals surface area contributed by atoms with Crippen LogP contribution in [-0.2, 0) is 4.79 Å². The van der Waals surface area contributed by atoms with Crippen molar-refractivity contribution in [1.29, 1.82) is 0 Å². The SMILES string of the molecule is COc1ccccc1/C=N\N=C1\C=NNC(=O)C1Br. The average Bonchev–Trinajstić information content (AvgIpc) is 2.44. The standard InChI is InChI=1S/C12H11BrN4O2/c1-19-10-5-3-2-4-8(10)6-14-16-9-7-15-17-12(18)11(9)13/h2-7,11H,1H3,(H,17,18)/b14-6-,16-9-. The van der Waals surface area contributed by atoms with Crippen LogP contribution < -0.4 is 10.2 Å². The molecule has 1 aliphatic rings. The van der Waals surface area contributed by atoms with Gasteiger partial charge in [-0.15, -0.1) is 0 Å². The highest BCUT2D eigenvalue weighted by Crippen LogP contribution is 2.14. The van der Waals surface area contributed by atoms with Crippen molar-refractivity contribution in [2.24, 2.45) is 15.3 Å². The zero-order chi connectivity index (χ0) is 13.7. The van der Waals surface area contributed by atoms with Gasteiger partial charge in [-0.3, -0.25) is 4.79 Å². The molecular weight excluding hydrogens is 312 g/mol. The van der Waals surface area contributed by atoms with E-state index in [0.29, 0.717) is 11.5 Å². The number of nitrogens with zero attached hydrogens (tertiary/aromatic N) is 3. The lowest BCUT2D eigenvalue weighted by Crippen LogP contribution is -2.38. The van der Waals surface area contributed by atoms with Crippen molar-refractivity contribution in [3.63, 3.8) is 0 Å². The van der Waals surface area contributed by atoms with Gasteiger partial charge >= 0.3 is 0 Å². The molecule has 0 aromatic heterocycles. The number of hydrazone groups is 1. The Bertz CT molecular complexity index is 569. The molecule has 19 heavy (non-hydrogen) atoms. The van der Waals surface area contributed by atoms with Crippen molar-refractivity contribution in [2.45, 2.75) is 4.83 Å². The maximum Gasteiger partial charge on any atom is 0.260 e. The first-order valence-electron chi connectivity index (χ1n) is 5.43. The summed E-state index contributed by atoms with van der Waals surface area (Å²) in [7, 11) is 1.59. The molecule has 1 aromatic rings. The average molecular weight is 323 g/mol. The number of ether oxygens (including phenoxy) is 1.